The topological polar surface area (TPSA) is 336 Å². The average Bonchev–Trinajstić information content (AvgIpc) is 3.13. The number of aliphatic hydroxyl groups excluding tert-OH is 6. The molecule has 1 saturated carbocycles. The fraction of sp³-hybridized carbons (Fsp3) is 0.857. The lowest BCUT2D eigenvalue weighted by Crippen LogP contribution is -2.66. The summed E-state index contributed by atoms with van der Waals surface area (Å²) in [5.74, 6) is -1.03. The van der Waals surface area contributed by atoms with Crippen molar-refractivity contribution in [3.63, 3.8) is 0 Å². The van der Waals surface area contributed by atoms with Crippen molar-refractivity contribution >= 4 is 18.2 Å². The van der Waals surface area contributed by atoms with Gasteiger partial charge in [-0.1, -0.05) is 0 Å². The van der Waals surface area contributed by atoms with E-state index in [0.29, 0.717) is 0 Å². The van der Waals surface area contributed by atoms with Gasteiger partial charge in [0.25, 0.3) is 0 Å². The zero-order valence-electron chi connectivity index (χ0n) is 21.7. The van der Waals surface area contributed by atoms with Gasteiger partial charge >= 0.3 is 0 Å². The first kappa shape index (κ1) is 32.2. The molecule has 3 aliphatic rings. The van der Waals surface area contributed by atoms with E-state index < -0.39 is 110 Å². The SMILES string of the molecule is CN[C@H]1[C@H](O[C@@H]2[C@@H](O[C@H]3[C@H](O)[C@H](O)[C@H](N=C(N)N)[C@H](O)[C@@H]3N=C(N)N)O[C@@H](C)[C@@]2(O)C=O)O[C@@H](CO)[C@H](O)[C@H]1O. The van der Waals surface area contributed by atoms with E-state index in [1.165, 1.54) is 14.0 Å². The van der Waals surface area contributed by atoms with Crippen LogP contribution in [-0.4, -0.2) is 159 Å². The van der Waals surface area contributed by atoms with Gasteiger partial charge in [0.2, 0.25) is 0 Å². The number of aliphatic imine (C=N–C) groups is 2. The Balaban J connectivity index is 1.96. The number of nitrogens with zero attached hydrogens (tertiary/aromatic N) is 2. The van der Waals surface area contributed by atoms with Crippen LogP contribution in [0, 0.1) is 0 Å². The summed E-state index contributed by atoms with van der Waals surface area (Å²) >= 11 is 0. The maximum Gasteiger partial charge on any atom is 0.188 e. The molecule has 0 amide bonds. The minimum atomic E-state index is -2.38. The fourth-order valence-electron chi connectivity index (χ4n) is 5.08. The predicted octanol–water partition coefficient (Wildman–Crippen LogP) is -8.16. The number of ether oxygens (including phenoxy) is 4. The van der Waals surface area contributed by atoms with Gasteiger partial charge in [-0.15, -0.1) is 0 Å². The van der Waals surface area contributed by atoms with Crippen molar-refractivity contribution in [1.29, 1.82) is 0 Å². The first-order chi connectivity index (χ1) is 18.7. The quantitative estimate of drug-likeness (QED) is 0.0682. The number of rotatable bonds is 9. The van der Waals surface area contributed by atoms with Gasteiger partial charge in [-0.05, 0) is 14.0 Å². The standard InChI is InChI=1S/C21H39N7O12/c1-5-21(36,4-30)16(40-17-9(26-2)13(34)10(31)6(3-29)38-17)18(37-5)39-15-8(28-20(24)25)11(32)7(27-19(22)23)12(33)14(15)35/h4-18,26,29,31-36H,3H2,1-2H3,(H4,22,23,27)(H4,24,25,28)/t5-,6-,7+,8-,9+,10-,11-,12+,13-,14+,15+,16+,17-,18+,21-/m0/s1. The molecule has 230 valence electrons. The van der Waals surface area contributed by atoms with Crippen molar-refractivity contribution in [3.05, 3.63) is 0 Å². The van der Waals surface area contributed by atoms with E-state index in [1.54, 1.807) is 0 Å². The van der Waals surface area contributed by atoms with E-state index >= 15 is 0 Å². The van der Waals surface area contributed by atoms with Crippen molar-refractivity contribution in [2.45, 2.75) is 98.2 Å². The first-order valence-corrected chi connectivity index (χ1v) is 12.4. The summed E-state index contributed by atoms with van der Waals surface area (Å²) in [5.41, 5.74) is 19.4. The lowest BCUT2D eigenvalue weighted by Gasteiger charge is -2.45. The van der Waals surface area contributed by atoms with Gasteiger partial charge in [0.15, 0.2) is 36.4 Å². The van der Waals surface area contributed by atoms with Gasteiger partial charge in [-0.25, -0.2) is 9.98 Å². The van der Waals surface area contributed by atoms with Crippen molar-refractivity contribution in [3.8, 4) is 0 Å². The lowest BCUT2D eigenvalue weighted by molar-refractivity contribution is -0.314. The van der Waals surface area contributed by atoms with Gasteiger partial charge in [0.1, 0.15) is 60.9 Å². The highest BCUT2D eigenvalue weighted by molar-refractivity contribution is 5.76. The van der Waals surface area contributed by atoms with Crippen LogP contribution in [0.15, 0.2) is 9.98 Å². The Bertz CT molecular complexity index is 940. The molecule has 0 unspecified atom stereocenters. The molecule has 19 heteroatoms. The molecular formula is C21H39N7O12. The maximum atomic E-state index is 12.1. The highest BCUT2D eigenvalue weighted by atomic mass is 16.8. The van der Waals surface area contributed by atoms with Crippen LogP contribution in [0.2, 0.25) is 0 Å². The highest BCUT2D eigenvalue weighted by Crippen LogP contribution is 2.38. The number of nitrogens with one attached hydrogen (secondary N) is 1. The molecule has 3 fully saturated rings. The number of hydrogen-bond acceptors (Lipinski definition) is 15. The first-order valence-electron chi connectivity index (χ1n) is 12.4. The largest absolute Gasteiger partial charge is 0.394 e. The summed E-state index contributed by atoms with van der Waals surface area (Å²) in [7, 11) is 1.42. The second-order valence-electron chi connectivity index (χ2n) is 9.89. The van der Waals surface area contributed by atoms with Crippen LogP contribution in [0.5, 0.6) is 0 Å². The molecule has 0 bridgehead atoms. The molecule has 15 atom stereocenters. The van der Waals surface area contributed by atoms with Crippen molar-refractivity contribution in [2.75, 3.05) is 13.7 Å². The van der Waals surface area contributed by atoms with Crippen LogP contribution in [0.4, 0.5) is 0 Å². The van der Waals surface area contributed by atoms with Crippen LogP contribution in [0.1, 0.15) is 6.92 Å². The Morgan fingerprint density at radius 3 is 2.02 bits per heavy atom. The Labute approximate surface area is 228 Å². The predicted molar refractivity (Wildman–Crippen MR) is 133 cm³/mol. The molecule has 1 aliphatic carbocycles. The second-order valence-corrected chi connectivity index (χ2v) is 9.89. The number of nitrogens with two attached hydrogens (primary N) is 4. The molecule has 16 N–H and O–H groups in total. The number of aliphatic hydroxyl groups is 7. The zero-order chi connectivity index (χ0) is 30.1. The molecule has 0 aromatic carbocycles. The smallest absolute Gasteiger partial charge is 0.188 e. The van der Waals surface area contributed by atoms with Crippen molar-refractivity contribution in [1.82, 2.24) is 5.32 Å². The van der Waals surface area contributed by atoms with Gasteiger partial charge < -0.3 is 82.9 Å². The minimum absolute atomic E-state index is 0.140. The summed E-state index contributed by atoms with van der Waals surface area (Å²) in [5, 5.41) is 76.6. The summed E-state index contributed by atoms with van der Waals surface area (Å²) in [4.78, 5) is 19.7. The van der Waals surface area contributed by atoms with Crippen LogP contribution in [0.25, 0.3) is 0 Å². The van der Waals surface area contributed by atoms with E-state index in [0.717, 1.165) is 0 Å². The Morgan fingerprint density at radius 2 is 1.50 bits per heavy atom. The van der Waals surface area contributed by atoms with Gasteiger partial charge in [0.05, 0.1) is 18.8 Å². The van der Waals surface area contributed by atoms with Crippen molar-refractivity contribution in [2.24, 2.45) is 32.9 Å². The monoisotopic (exact) mass is 581 g/mol. The van der Waals surface area contributed by atoms with Gasteiger partial charge in [-0.3, -0.25) is 4.79 Å². The maximum absolute atomic E-state index is 12.1. The van der Waals surface area contributed by atoms with Crippen LogP contribution < -0.4 is 28.3 Å². The normalized spacial score (nSPS) is 47.4. The molecule has 3 rings (SSSR count). The van der Waals surface area contributed by atoms with Crippen LogP contribution >= 0.6 is 0 Å². The zero-order valence-corrected chi connectivity index (χ0v) is 21.7. The van der Waals surface area contributed by atoms with Crippen molar-refractivity contribution < 1.29 is 59.5 Å². The molecule has 0 radical (unpaired) electrons. The number of carbonyl (C=O) groups excluding carboxylic acids is 1. The van der Waals surface area contributed by atoms with Gasteiger partial charge in [0, 0.05) is 0 Å². The summed E-state index contributed by atoms with van der Waals surface area (Å²) in [6.07, 6.45) is -17.3. The number of carbonyl (C=O) groups is 1. The molecule has 2 saturated heterocycles. The third-order valence-corrected chi connectivity index (χ3v) is 7.34. The molecule has 0 aromatic heterocycles. The van der Waals surface area contributed by atoms with E-state index in [4.69, 9.17) is 41.9 Å². The number of guanidine groups is 2. The lowest BCUT2D eigenvalue weighted by atomic mass is 9.81. The Morgan fingerprint density at radius 1 is 0.900 bits per heavy atom. The van der Waals surface area contributed by atoms with E-state index in [2.05, 4.69) is 15.3 Å². The van der Waals surface area contributed by atoms with E-state index in [1.807, 2.05) is 0 Å². The average molecular weight is 582 g/mol. The molecular weight excluding hydrogens is 542 g/mol. The summed E-state index contributed by atoms with van der Waals surface area (Å²) in [6, 6.07) is -4.08. The molecule has 40 heavy (non-hydrogen) atoms. The summed E-state index contributed by atoms with van der Waals surface area (Å²) < 4.78 is 22.9. The number of aldehydes is 1. The van der Waals surface area contributed by atoms with Gasteiger partial charge in [-0.2, -0.15) is 0 Å². The summed E-state index contributed by atoms with van der Waals surface area (Å²) in [6.45, 7) is 0.620. The third kappa shape index (κ3) is 6.00. The Kier molecular flexibility index (Phi) is 10.2. The Hall–Kier alpha value is -2.27. The highest BCUT2D eigenvalue weighted by Gasteiger charge is 2.60. The number of hydrogen-bond donors (Lipinski definition) is 12. The molecule has 0 spiro atoms. The number of likely N-dealkylation sites (N-methyl/N-ethyl adjacent to an activating group) is 1. The van der Waals surface area contributed by atoms with E-state index in [9.17, 15) is 40.5 Å². The second kappa shape index (κ2) is 12.7. The third-order valence-electron chi connectivity index (χ3n) is 7.34. The van der Waals surface area contributed by atoms with Crippen LogP contribution in [0.3, 0.4) is 0 Å². The van der Waals surface area contributed by atoms with E-state index in [-0.39, 0.29) is 6.29 Å². The molecule has 19 nitrogen and oxygen atoms in total. The minimum Gasteiger partial charge on any atom is -0.394 e. The molecule has 2 aliphatic heterocycles. The van der Waals surface area contributed by atoms with Crippen LogP contribution in [-0.2, 0) is 23.7 Å². The molecule has 2 heterocycles. The fourth-order valence-corrected chi connectivity index (χ4v) is 5.08. The molecule has 0 aromatic rings.